The fourth-order valence-corrected chi connectivity index (χ4v) is 6.19. The van der Waals surface area contributed by atoms with Crippen molar-refractivity contribution in [3.05, 3.63) is 93.4 Å². The van der Waals surface area contributed by atoms with Gasteiger partial charge in [0, 0.05) is 17.1 Å². The van der Waals surface area contributed by atoms with Crippen molar-refractivity contribution in [3.8, 4) is 0 Å². The minimum Gasteiger partial charge on any atom is -0.350 e. The van der Waals surface area contributed by atoms with Crippen molar-refractivity contribution in [2.75, 3.05) is 10.8 Å². The van der Waals surface area contributed by atoms with Gasteiger partial charge in [0.05, 0.1) is 20.6 Å². The molecular formula is C29H32Cl3N3O4S. The largest absolute Gasteiger partial charge is 0.350 e. The molecule has 0 bridgehead atoms. The Morgan fingerprint density at radius 3 is 2.08 bits per heavy atom. The standard InChI is InChI=1S/C29H32Cl3N3O4S/c1-5-24(28(37)33-29(2,3)4)34(18-20-12-9-10-15-22(20)30)26(36)19-35(25-17-11-16-23(31)27(25)32)40(38,39)21-13-7-6-8-14-21/h6-17,24H,5,18-19H2,1-4H3,(H,33,37)/t24-/m1/s1. The van der Waals surface area contributed by atoms with Gasteiger partial charge >= 0.3 is 0 Å². The van der Waals surface area contributed by atoms with Gasteiger partial charge in [-0.1, -0.05) is 84.2 Å². The van der Waals surface area contributed by atoms with E-state index < -0.39 is 34.1 Å². The number of hydrogen-bond donors (Lipinski definition) is 1. The Morgan fingerprint density at radius 1 is 0.875 bits per heavy atom. The SMILES string of the molecule is CC[C@H](C(=O)NC(C)(C)C)N(Cc1ccccc1Cl)C(=O)CN(c1cccc(Cl)c1Cl)S(=O)(=O)c1ccccc1. The van der Waals surface area contributed by atoms with Gasteiger partial charge in [0.2, 0.25) is 11.8 Å². The summed E-state index contributed by atoms with van der Waals surface area (Å²) in [5.74, 6) is -0.986. The number of anilines is 1. The van der Waals surface area contributed by atoms with Crippen molar-refractivity contribution in [1.82, 2.24) is 10.2 Å². The van der Waals surface area contributed by atoms with Crippen molar-refractivity contribution in [2.45, 2.75) is 57.1 Å². The normalized spacial score (nSPS) is 12.5. The number of halogens is 3. The smallest absolute Gasteiger partial charge is 0.264 e. The third kappa shape index (κ3) is 7.69. The van der Waals surface area contributed by atoms with Crippen LogP contribution in [-0.2, 0) is 26.2 Å². The number of carbonyl (C=O) groups is 2. The molecule has 40 heavy (non-hydrogen) atoms. The highest BCUT2D eigenvalue weighted by atomic mass is 35.5. The van der Waals surface area contributed by atoms with Gasteiger partial charge in [-0.05, 0) is 63.1 Å². The lowest BCUT2D eigenvalue weighted by Crippen LogP contribution is -2.55. The van der Waals surface area contributed by atoms with E-state index in [1.54, 1.807) is 55.5 Å². The Labute approximate surface area is 251 Å². The summed E-state index contributed by atoms with van der Waals surface area (Å²) in [4.78, 5) is 28.8. The van der Waals surface area contributed by atoms with Gasteiger partial charge in [-0.2, -0.15) is 0 Å². The molecule has 0 heterocycles. The van der Waals surface area contributed by atoms with Crippen LogP contribution in [0, 0.1) is 0 Å². The van der Waals surface area contributed by atoms with E-state index in [0.717, 1.165) is 4.31 Å². The van der Waals surface area contributed by atoms with Gasteiger partial charge in [0.1, 0.15) is 12.6 Å². The van der Waals surface area contributed by atoms with Gasteiger partial charge in [0.15, 0.2) is 0 Å². The minimum atomic E-state index is -4.27. The highest BCUT2D eigenvalue weighted by Crippen LogP contribution is 2.35. The number of benzene rings is 3. The van der Waals surface area contributed by atoms with Crippen LogP contribution >= 0.6 is 34.8 Å². The maximum absolute atomic E-state index is 14.1. The maximum Gasteiger partial charge on any atom is 0.264 e. The van der Waals surface area contributed by atoms with E-state index in [-0.39, 0.29) is 39.5 Å². The summed E-state index contributed by atoms with van der Waals surface area (Å²) >= 11 is 19.1. The zero-order valence-electron chi connectivity index (χ0n) is 22.7. The van der Waals surface area contributed by atoms with Crippen molar-refractivity contribution in [2.24, 2.45) is 0 Å². The summed E-state index contributed by atoms with van der Waals surface area (Å²) in [6.07, 6.45) is 0.279. The number of nitrogens with zero attached hydrogens (tertiary/aromatic N) is 2. The molecule has 0 aliphatic rings. The summed E-state index contributed by atoms with van der Waals surface area (Å²) in [7, 11) is -4.27. The second kappa shape index (κ2) is 13.3. The zero-order valence-corrected chi connectivity index (χ0v) is 25.8. The molecule has 0 saturated heterocycles. The number of carbonyl (C=O) groups excluding carboxylic acids is 2. The summed E-state index contributed by atoms with van der Waals surface area (Å²) in [6, 6.07) is 18.3. The third-order valence-corrected chi connectivity index (χ3v) is 8.94. The molecule has 0 aromatic heterocycles. The first-order valence-electron chi connectivity index (χ1n) is 12.6. The van der Waals surface area contributed by atoms with Gasteiger partial charge < -0.3 is 10.2 Å². The molecule has 0 fully saturated rings. The van der Waals surface area contributed by atoms with E-state index in [9.17, 15) is 18.0 Å². The highest BCUT2D eigenvalue weighted by Gasteiger charge is 2.35. The third-order valence-electron chi connectivity index (χ3n) is 5.99. The molecule has 1 atom stereocenters. The molecule has 11 heteroatoms. The highest BCUT2D eigenvalue weighted by molar-refractivity contribution is 7.92. The quantitative estimate of drug-likeness (QED) is 0.277. The number of nitrogens with one attached hydrogen (secondary N) is 1. The predicted octanol–water partition coefficient (Wildman–Crippen LogP) is 6.56. The van der Waals surface area contributed by atoms with Crippen LogP contribution in [0.1, 0.15) is 39.7 Å². The number of sulfonamides is 1. The molecule has 0 spiro atoms. The van der Waals surface area contributed by atoms with Crippen LogP contribution in [0.4, 0.5) is 5.69 Å². The van der Waals surface area contributed by atoms with E-state index in [0.29, 0.717) is 10.6 Å². The van der Waals surface area contributed by atoms with E-state index in [1.807, 2.05) is 20.8 Å². The molecule has 1 N–H and O–H groups in total. The summed E-state index contributed by atoms with van der Waals surface area (Å²) in [5, 5.41) is 3.45. The average molecular weight is 625 g/mol. The van der Waals surface area contributed by atoms with E-state index in [1.165, 1.54) is 29.2 Å². The van der Waals surface area contributed by atoms with E-state index >= 15 is 0 Å². The molecule has 0 aliphatic carbocycles. The average Bonchev–Trinajstić information content (AvgIpc) is 2.89. The van der Waals surface area contributed by atoms with E-state index in [4.69, 9.17) is 34.8 Å². The van der Waals surface area contributed by atoms with Crippen LogP contribution in [-0.4, -0.2) is 43.3 Å². The van der Waals surface area contributed by atoms with Crippen molar-refractivity contribution >= 4 is 62.3 Å². The fourth-order valence-electron chi connectivity index (χ4n) is 4.10. The summed E-state index contributed by atoms with van der Waals surface area (Å²) in [5.41, 5.74) is 0.0923. The van der Waals surface area contributed by atoms with Gasteiger partial charge in [0.25, 0.3) is 10.0 Å². The first-order valence-corrected chi connectivity index (χ1v) is 15.2. The number of rotatable bonds is 10. The predicted molar refractivity (Wildman–Crippen MR) is 161 cm³/mol. The molecule has 2 amide bonds. The van der Waals surface area contributed by atoms with E-state index in [2.05, 4.69) is 5.32 Å². The van der Waals surface area contributed by atoms with Crippen LogP contribution in [0.3, 0.4) is 0 Å². The van der Waals surface area contributed by atoms with Gasteiger partial charge in [-0.25, -0.2) is 8.42 Å². The van der Waals surface area contributed by atoms with Crippen LogP contribution in [0.25, 0.3) is 0 Å². The second-order valence-electron chi connectivity index (χ2n) is 10.2. The molecule has 0 radical (unpaired) electrons. The first kappa shape index (κ1) is 31.7. The zero-order chi connectivity index (χ0) is 29.7. The lowest BCUT2D eigenvalue weighted by molar-refractivity contribution is -0.141. The lowest BCUT2D eigenvalue weighted by Gasteiger charge is -2.35. The molecular weight excluding hydrogens is 593 g/mol. The Morgan fingerprint density at radius 2 is 1.48 bits per heavy atom. The molecule has 7 nitrogen and oxygen atoms in total. The monoisotopic (exact) mass is 623 g/mol. The number of amides is 2. The van der Waals surface area contributed by atoms with Crippen LogP contribution in [0.15, 0.2) is 77.7 Å². The Balaban J connectivity index is 2.12. The minimum absolute atomic E-state index is 0.0168. The van der Waals surface area contributed by atoms with Crippen molar-refractivity contribution in [3.63, 3.8) is 0 Å². The topological polar surface area (TPSA) is 86.8 Å². The first-order chi connectivity index (χ1) is 18.8. The number of hydrogen-bond acceptors (Lipinski definition) is 4. The van der Waals surface area contributed by atoms with Crippen molar-refractivity contribution in [1.29, 1.82) is 0 Å². The van der Waals surface area contributed by atoms with Gasteiger partial charge in [-0.15, -0.1) is 0 Å². The van der Waals surface area contributed by atoms with Gasteiger partial charge in [-0.3, -0.25) is 13.9 Å². The van der Waals surface area contributed by atoms with Crippen LogP contribution in [0.2, 0.25) is 15.1 Å². The summed E-state index contributed by atoms with van der Waals surface area (Å²) < 4.78 is 28.7. The lowest BCUT2D eigenvalue weighted by atomic mass is 10.1. The Hall–Kier alpha value is -2.78. The molecule has 3 aromatic carbocycles. The molecule has 0 unspecified atom stereocenters. The molecule has 0 aliphatic heterocycles. The van der Waals surface area contributed by atoms with Crippen molar-refractivity contribution < 1.29 is 18.0 Å². The molecule has 0 saturated carbocycles. The maximum atomic E-state index is 14.1. The Bertz CT molecular complexity index is 1460. The Kier molecular flexibility index (Phi) is 10.5. The van der Waals surface area contributed by atoms with Crippen LogP contribution in [0.5, 0.6) is 0 Å². The molecule has 3 rings (SSSR count). The molecule has 3 aromatic rings. The fraction of sp³-hybridized carbons (Fsp3) is 0.310. The van der Waals surface area contributed by atoms with Crippen LogP contribution < -0.4 is 9.62 Å². The molecule has 214 valence electrons. The second-order valence-corrected chi connectivity index (χ2v) is 13.2. The summed E-state index contributed by atoms with van der Waals surface area (Å²) in [6.45, 7) is 6.65.